The van der Waals surface area contributed by atoms with Crippen LogP contribution in [-0.4, -0.2) is 11.1 Å². The van der Waals surface area contributed by atoms with Crippen LogP contribution in [0.1, 0.15) is 11.6 Å². The van der Waals surface area contributed by atoms with Crippen LogP contribution in [0.25, 0.3) is 5.69 Å². The van der Waals surface area contributed by atoms with E-state index in [-0.39, 0.29) is 6.04 Å². The first-order valence-electron chi connectivity index (χ1n) is 5.00. The van der Waals surface area contributed by atoms with Gasteiger partial charge in [-0.2, -0.15) is 0 Å². The Balaban J connectivity index is 2.35. The van der Waals surface area contributed by atoms with Gasteiger partial charge in [-0.1, -0.05) is 12.1 Å². The molecule has 1 atom stereocenters. The molecule has 0 fully saturated rings. The van der Waals surface area contributed by atoms with Gasteiger partial charge in [-0.15, -0.1) is 0 Å². The smallest absolute Gasteiger partial charge is 0.0452 e. The largest absolute Gasteiger partial charge is 0.329 e. The molecule has 0 saturated carbocycles. The SMILES string of the molecule is NCC(N)c1cccc(-n2cccc2)c1. The Kier molecular flexibility index (Phi) is 2.85. The predicted octanol–water partition coefficient (Wildman–Crippen LogP) is 1.44. The van der Waals surface area contributed by atoms with Gasteiger partial charge in [0.05, 0.1) is 0 Å². The van der Waals surface area contributed by atoms with Crippen molar-refractivity contribution >= 4 is 0 Å². The molecule has 0 saturated heterocycles. The molecule has 4 N–H and O–H groups in total. The number of benzene rings is 1. The highest BCUT2D eigenvalue weighted by Crippen LogP contribution is 2.14. The van der Waals surface area contributed by atoms with Gasteiger partial charge in [-0.05, 0) is 29.8 Å². The van der Waals surface area contributed by atoms with Gasteiger partial charge < -0.3 is 16.0 Å². The van der Waals surface area contributed by atoms with Crippen molar-refractivity contribution in [2.24, 2.45) is 11.5 Å². The van der Waals surface area contributed by atoms with Crippen LogP contribution in [-0.2, 0) is 0 Å². The van der Waals surface area contributed by atoms with E-state index in [1.54, 1.807) is 0 Å². The number of nitrogens with zero attached hydrogens (tertiary/aromatic N) is 1. The van der Waals surface area contributed by atoms with E-state index in [0.717, 1.165) is 11.3 Å². The van der Waals surface area contributed by atoms with Gasteiger partial charge in [-0.3, -0.25) is 0 Å². The maximum atomic E-state index is 5.88. The van der Waals surface area contributed by atoms with Crippen molar-refractivity contribution in [2.75, 3.05) is 6.54 Å². The fourth-order valence-electron chi connectivity index (χ4n) is 1.56. The normalized spacial score (nSPS) is 12.7. The van der Waals surface area contributed by atoms with Crippen LogP contribution < -0.4 is 11.5 Å². The van der Waals surface area contributed by atoms with Gasteiger partial charge in [0, 0.05) is 30.7 Å². The zero-order valence-corrected chi connectivity index (χ0v) is 8.51. The van der Waals surface area contributed by atoms with Crippen molar-refractivity contribution in [3.63, 3.8) is 0 Å². The first-order valence-corrected chi connectivity index (χ1v) is 5.00. The molecule has 1 aromatic carbocycles. The summed E-state index contributed by atoms with van der Waals surface area (Å²) < 4.78 is 2.05. The van der Waals surface area contributed by atoms with E-state index in [1.807, 2.05) is 47.3 Å². The maximum absolute atomic E-state index is 5.88. The minimum atomic E-state index is -0.0829. The lowest BCUT2D eigenvalue weighted by Crippen LogP contribution is -2.20. The van der Waals surface area contributed by atoms with E-state index in [4.69, 9.17) is 11.5 Å². The molecule has 0 bridgehead atoms. The van der Waals surface area contributed by atoms with Gasteiger partial charge in [0.15, 0.2) is 0 Å². The van der Waals surface area contributed by atoms with Gasteiger partial charge in [-0.25, -0.2) is 0 Å². The van der Waals surface area contributed by atoms with E-state index in [0.29, 0.717) is 6.54 Å². The molecule has 0 amide bonds. The molecule has 3 nitrogen and oxygen atoms in total. The van der Waals surface area contributed by atoms with Crippen molar-refractivity contribution in [1.29, 1.82) is 0 Å². The second-order valence-corrected chi connectivity index (χ2v) is 3.53. The monoisotopic (exact) mass is 201 g/mol. The highest BCUT2D eigenvalue weighted by Gasteiger charge is 2.04. The van der Waals surface area contributed by atoms with E-state index >= 15 is 0 Å². The van der Waals surface area contributed by atoms with Crippen molar-refractivity contribution in [3.8, 4) is 5.69 Å². The average Bonchev–Trinajstić information content (AvgIpc) is 2.82. The van der Waals surface area contributed by atoms with E-state index < -0.39 is 0 Å². The quantitative estimate of drug-likeness (QED) is 0.789. The number of hydrogen-bond acceptors (Lipinski definition) is 2. The minimum absolute atomic E-state index is 0.0829. The average molecular weight is 201 g/mol. The molecule has 3 heteroatoms. The topological polar surface area (TPSA) is 57.0 Å². The molecule has 2 rings (SSSR count). The van der Waals surface area contributed by atoms with Gasteiger partial charge >= 0.3 is 0 Å². The molecular formula is C12H15N3. The number of rotatable bonds is 3. The lowest BCUT2D eigenvalue weighted by molar-refractivity contribution is 0.736. The summed E-state index contributed by atoms with van der Waals surface area (Å²) in [5.74, 6) is 0. The van der Waals surface area contributed by atoms with Crippen molar-refractivity contribution < 1.29 is 0 Å². The van der Waals surface area contributed by atoms with Crippen LogP contribution in [0.15, 0.2) is 48.8 Å². The van der Waals surface area contributed by atoms with Gasteiger partial charge in [0.2, 0.25) is 0 Å². The Morgan fingerprint density at radius 3 is 2.53 bits per heavy atom. The van der Waals surface area contributed by atoms with E-state index in [2.05, 4.69) is 6.07 Å². The third kappa shape index (κ3) is 2.09. The summed E-state index contributed by atoms with van der Waals surface area (Å²) >= 11 is 0. The Morgan fingerprint density at radius 2 is 1.87 bits per heavy atom. The first kappa shape index (κ1) is 9.96. The summed E-state index contributed by atoms with van der Waals surface area (Å²) in [5, 5.41) is 0. The molecule has 1 aromatic heterocycles. The summed E-state index contributed by atoms with van der Waals surface area (Å²) in [4.78, 5) is 0. The lowest BCUT2D eigenvalue weighted by Gasteiger charge is -2.11. The van der Waals surface area contributed by atoms with Crippen LogP contribution in [0.4, 0.5) is 0 Å². The predicted molar refractivity (Wildman–Crippen MR) is 61.8 cm³/mol. The summed E-state index contributed by atoms with van der Waals surface area (Å²) in [6, 6.07) is 12.0. The second kappa shape index (κ2) is 4.29. The maximum Gasteiger partial charge on any atom is 0.0452 e. The van der Waals surface area contributed by atoms with Crippen LogP contribution >= 0.6 is 0 Å². The Hall–Kier alpha value is -1.58. The third-order valence-corrected chi connectivity index (χ3v) is 2.45. The molecule has 1 unspecified atom stereocenters. The highest BCUT2D eigenvalue weighted by molar-refractivity contribution is 5.37. The molecule has 2 aromatic rings. The lowest BCUT2D eigenvalue weighted by atomic mass is 10.1. The van der Waals surface area contributed by atoms with Gasteiger partial charge in [0.25, 0.3) is 0 Å². The Labute approximate surface area is 89.3 Å². The molecule has 0 radical (unpaired) electrons. The zero-order chi connectivity index (χ0) is 10.7. The first-order chi connectivity index (χ1) is 7.31. The molecule has 15 heavy (non-hydrogen) atoms. The summed E-state index contributed by atoms with van der Waals surface area (Å²) in [5.41, 5.74) is 13.6. The molecule has 0 aliphatic carbocycles. The number of aromatic nitrogens is 1. The van der Waals surface area contributed by atoms with Crippen molar-refractivity contribution in [3.05, 3.63) is 54.4 Å². The summed E-state index contributed by atoms with van der Waals surface area (Å²) in [7, 11) is 0. The van der Waals surface area contributed by atoms with Crippen LogP contribution in [0.2, 0.25) is 0 Å². The number of nitrogens with two attached hydrogens (primary N) is 2. The zero-order valence-electron chi connectivity index (χ0n) is 8.51. The third-order valence-electron chi connectivity index (χ3n) is 2.45. The van der Waals surface area contributed by atoms with Crippen LogP contribution in [0.5, 0.6) is 0 Å². The minimum Gasteiger partial charge on any atom is -0.329 e. The number of hydrogen-bond donors (Lipinski definition) is 2. The van der Waals surface area contributed by atoms with Crippen molar-refractivity contribution in [1.82, 2.24) is 4.57 Å². The van der Waals surface area contributed by atoms with Gasteiger partial charge in [0.1, 0.15) is 0 Å². The summed E-state index contributed by atoms with van der Waals surface area (Å²) in [6.07, 6.45) is 4.01. The second-order valence-electron chi connectivity index (χ2n) is 3.53. The molecular weight excluding hydrogens is 186 g/mol. The molecule has 0 aliphatic rings. The highest BCUT2D eigenvalue weighted by atomic mass is 14.9. The standard InChI is InChI=1S/C12H15N3/c13-9-12(14)10-4-3-5-11(8-10)15-6-1-2-7-15/h1-8,12H,9,13-14H2. The van der Waals surface area contributed by atoms with Crippen molar-refractivity contribution in [2.45, 2.75) is 6.04 Å². The Bertz CT molecular complexity index is 420. The molecule has 78 valence electrons. The molecule has 1 heterocycles. The Morgan fingerprint density at radius 1 is 1.13 bits per heavy atom. The fourth-order valence-corrected chi connectivity index (χ4v) is 1.56. The van der Waals surface area contributed by atoms with Crippen LogP contribution in [0, 0.1) is 0 Å². The van der Waals surface area contributed by atoms with E-state index in [1.165, 1.54) is 0 Å². The summed E-state index contributed by atoms with van der Waals surface area (Å²) in [6.45, 7) is 0.467. The molecule has 0 aliphatic heterocycles. The molecule has 0 spiro atoms. The fraction of sp³-hybridized carbons (Fsp3) is 0.167. The van der Waals surface area contributed by atoms with E-state index in [9.17, 15) is 0 Å². The van der Waals surface area contributed by atoms with Crippen LogP contribution in [0.3, 0.4) is 0 Å².